The van der Waals surface area contributed by atoms with Crippen molar-refractivity contribution < 1.29 is 4.79 Å². The van der Waals surface area contributed by atoms with Crippen LogP contribution in [0.5, 0.6) is 0 Å². The quantitative estimate of drug-likeness (QED) is 0.766. The van der Waals surface area contributed by atoms with E-state index in [1.165, 1.54) is 0 Å². The van der Waals surface area contributed by atoms with Crippen LogP contribution in [0.2, 0.25) is 0 Å². The molecule has 0 fully saturated rings. The molecule has 0 unspecified atom stereocenters. The Bertz CT molecular complexity index is 553. The van der Waals surface area contributed by atoms with Crippen LogP contribution in [0.4, 0.5) is 5.82 Å². The van der Waals surface area contributed by atoms with Crippen LogP contribution in [0, 0.1) is 0 Å². The van der Waals surface area contributed by atoms with Gasteiger partial charge in [0.25, 0.3) is 0 Å². The lowest BCUT2D eigenvalue weighted by atomic mass is 10.2. The van der Waals surface area contributed by atoms with Crippen molar-refractivity contribution in [1.82, 2.24) is 15.0 Å². The molecule has 2 aromatic rings. The van der Waals surface area contributed by atoms with E-state index in [2.05, 4.69) is 20.3 Å². The van der Waals surface area contributed by atoms with Crippen molar-refractivity contribution in [1.29, 1.82) is 0 Å². The van der Waals surface area contributed by atoms with Crippen LogP contribution in [0.15, 0.2) is 30.7 Å². The predicted octanol–water partition coefficient (Wildman–Crippen LogP) is 1.03. The molecule has 0 radical (unpaired) electrons. The molecule has 2 aromatic heterocycles. The van der Waals surface area contributed by atoms with Gasteiger partial charge < -0.3 is 5.32 Å². The summed E-state index contributed by atoms with van der Waals surface area (Å²) in [5, 5.41) is 2.70. The average molecular weight is 212 g/mol. The summed E-state index contributed by atoms with van der Waals surface area (Å²) in [5.74, 6) is 1.15. The second kappa shape index (κ2) is 3.37. The summed E-state index contributed by atoms with van der Waals surface area (Å²) in [4.78, 5) is 23.7. The topological polar surface area (TPSA) is 67.8 Å². The molecule has 0 atom stereocenters. The minimum atomic E-state index is -0.0346. The summed E-state index contributed by atoms with van der Waals surface area (Å²) >= 11 is 0. The minimum absolute atomic E-state index is 0.0346. The Labute approximate surface area is 91.6 Å². The van der Waals surface area contributed by atoms with Gasteiger partial charge in [0, 0.05) is 29.7 Å². The molecule has 1 aliphatic heterocycles. The molecule has 3 rings (SSSR count). The number of pyridine rings is 1. The van der Waals surface area contributed by atoms with Crippen molar-refractivity contribution in [3.63, 3.8) is 0 Å². The maximum absolute atomic E-state index is 11.2. The molecule has 3 heterocycles. The molecule has 0 aliphatic carbocycles. The van der Waals surface area contributed by atoms with Crippen molar-refractivity contribution in [2.75, 3.05) is 5.32 Å². The van der Waals surface area contributed by atoms with Crippen LogP contribution in [0.1, 0.15) is 5.56 Å². The summed E-state index contributed by atoms with van der Waals surface area (Å²) in [6.45, 7) is 0. The zero-order valence-electron chi connectivity index (χ0n) is 8.34. The molecule has 1 aliphatic rings. The Balaban J connectivity index is 2.06. The van der Waals surface area contributed by atoms with Gasteiger partial charge in [0.2, 0.25) is 5.91 Å². The normalized spacial score (nSPS) is 13.4. The molecule has 1 N–H and O–H groups in total. The summed E-state index contributed by atoms with van der Waals surface area (Å²) in [5.41, 5.74) is 1.68. The van der Waals surface area contributed by atoms with E-state index >= 15 is 0 Å². The maximum Gasteiger partial charge on any atom is 0.230 e. The zero-order chi connectivity index (χ0) is 11.0. The Morgan fingerprint density at radius 3 is 3.06 bits per heavy atom. The van der Waals surface area contributed by atoms with Crippen LogP contribution in [-0.4, -0.2) is 20.9 Å². The first-order valence-corrected chi connectivity index (χ1v) is 4.89. The van der Waals surface area contributed by atoms with Gasteiger partial charge in [-0.05, 0) is 12.1 Å². The van der Waals surface area contributed by atoms with Crippen molar-refractivity contribution in [2.45, 2.75) is 6.42 Å². The lowest BCUT2D eigenvalue weighted by molar-refractivity contribution is -0.115. The van der Waals surface area contributed by atoms with E-state index in [0.29, 0.717) is 18.1 Å². The Morgan fingerprint density at radius 2 is 2.25 bits per heavy atom. The third kappa shape index (κ3) is 1.42. The van der Waals surface area contributed by atoms with Crippen molar-refractivity contribution in [3.8, 4) is 11.4 Å². The first-order chi connectivity index (χ1) is 7.83. The number of amides is 1. The highest BCUT2D eigenvalue weighted by molar-refractivity contribution is 5.97. The van der Waals surface area contributed by atoms with Crippen LogP contribution < -0.4 is 5.32 Å². The van der Waals surface area contributed by atoms with E-state index in [1.54, 1.807) is 18.6 Å². The Morgan fingerprint density at radius 1 is 1.31 bits per heavy atom. The number of anilines is 1. The van der Waals surface area contributed by atoms with Crippen LogP contribution >= 0.6 is 0 Å². The van der Waals surface area contributed by atoms with E-state index in [4.69, 9.17) is 0 Å². The number of nitrogens with zero attached hydrogens (tertiary/aromatic N) is 3. The summed E-state index contributed by atoms with van der Waals surface area (Å²) in [7, 11) is 0. The van der Waals surface area contributed by atoms with E-state index < -0.39 is 0 Å². The van der Waals surface area contributed by atoms with E-state index in [9.17, 15) is 4.79 Å². The molecular weight excluding hydrogens is 204 g/mol. The third-order valence-corrected chi connectivity index (χ3v) is 2.39. The SMILES string of the molecule is O=C1Cc2cnc(-c3cccnc3)nc2N1. The number of hydrogen-bond acceptors (Lipinski definition) is 4. The van der Waals surface area contributed by atoms with Crippen LogP contribution in [0.25, 0.3) is 11.4 Å². The predicted molar refractivity (Wildman–Crippen MR) is 57.6 cm³/mol. The number of hydrogen-bond donors (Lipinski definition) is 1. The first kappa shape index (κ1) is 8.96. The van der Waals surface area contributed by atoms with Gasteiger partial charge in [-0.3, -0.25) is 9.78 Å². The molecule has 16 heavy (non-hydrogen) atoms. The molecule has 0 saturated heterocycles. The number of rotatable bonds is 1. The fourth-order valence-electron chi connectivity index (χ4n) is 1.63. The van der Waals surface area contributed by atoms with Gasteiger partial charge in [-0.1, -0.05) is 0 Å². The number of aromatic nitrogens is 3. The molecule has 5 nitrogen and oxygen atoms in total. The van der Waals surface area contributed by atoms with Gasteiger partial charge in [0.05, 0.1) is 6.42 Å². The van der Waals surface area contributed by atoms with Crippen LogP contribution in [0.3, 0.4) is 0 Å². The zero-order valence-corrected chi connectivity index (χ0v) is 8.34. The molecule has 0 aromatic carbocycles. The highest BCUT2D eigenvalue weighted by Crippen LogP contribution is 2.22. The standard InChI is InChI=1S/C11H8N4O/c16-9-4-8-6-13-10(15-11(8)14-9)7-2-1-3-12-5-7/h1-3,5-6H,4H2,(H,13,14,15,16). The molecule has 0 bridgehead atoms. The smallest absolute Gasteiger partial charge is 0.230 e. The number of carbonyl (C=O) groups excluding carboxylic acids is 1. The fraction of sp³-hybridized carbons (Fsp3) is 0.0909. The van der Waals surface area contributed by atoms with E-state index in [1.807, 2.05) is 12.1 Å². The number of carbonyl (C=O) groups is 1. The van der Waals surface area contributed by atoms with Gasteiger partial charge in [0.1, 0.15) is 5.82 Å². The van der Waals surface area contributed by atoms with Gasteiger partial charge in [-0.15, -0.1) is 0 Å². The van der Waals surface area contributed by atoms with Crippen molar-refractivity contribution >= 4 is 11.7 Å². The van der Waals surface area contributed by atoms with Crippen LogP contribution in [-0.2, 0) is 11.2 Å². The lowest BCUT2D eigenvalue weighted by Crippen LogP contribution is -2.04. The minimum Gasteiger partial charge on any atom is -0.310 e. The lowest BCUT2D eigenvalue weighted by Gasteiger charge is -2.01. The molecule has 1 amide bonds. The molecule has 0 saturated carbocycles. The van der Waals surface area contributed by atoms with E-state index in [-0.39, 0.29) is 5.91 Å². The second-order valence-electron chi connectivity index (χ2n) is 3.53. The van der Waals surface area contributed by atoms with Crippen molar-refractivity contribution in [2.24, 2.45) is 0 Å². The van der Waals surface area contributed by atoms with Crippen molar-refractivity contribution in [3.05, 3.63) is 36.3 Å². The van der Waals surface area contributed by atoms with Gasteiger partial charge in [-0.2, -0.15) is 0 Å². The number of fused-ring (bicyclic) bond motifs is 1. The second-order valence-corrected chi connectivity index (χ2v) is 3.53. The maximum atomic E-state index is 11.2. The van der Waals surface area contributed by atoms with E-state index in [0.717, 1.165) is 11.1 Å². The fourth-order valence-corrected chi connectivity index (χ4v) is 1.63. The monoisotopic (exact) mass is 212 g/mol. The summed E-state index contributed by atoms with van der Waals surface area (Å²) in [6.07, 6.45) is 5.43. The third-order valence-electron chi connectivity index (χ3n) is 2.39. The molecule has 78 valence electrons. The summed E-state index contributed by atoms with van der Waals surface area (Å²) < 4.78 is 0. The van der Waals surface area contributed by atoms with Gasteiger partial charge in [-0.25, -0.2) is 9.97 Å². The number of nitrogens with one attached hydrogen (secondary N) is 1. The summed E-state index contributed by atoms with van der Waals surface area (Å²) in [6, 6.07) is 3.70. The van der Waals surface area contributed by atoms with Gasteiger partial charge >= 0.3 is 0 Å². The highest BCUT2D eigenvalue weighted by Gasteiger charge is 2.19. The molecular formula is C11H8N4O. The first-order valence-electron chi connectivity index (χ1n) is 4.89. The largest absolute Gasteiger partial charge is 0.310 e. The Kier molecular flexibility index (Phi) is 1.89. The highest BCUT2D eigenvalue weighted by atomic mass is 16.1. The molecule has 0 spiro atoms. The molecule has 5 heteroatoms. The van der Waals surface area contributed by atoms with Gasteiger partial charge in [0.15, 0.2) is 5.82 Å². The Hall–Kier alpha value is -2.30. The average Bonchev–Trinajstić information content (AvgIpc) is 2.69.